The van der Waals surface area contributed by atoms with E-state index in [0.29, 0.717) is 18.1 Å². The third-order valence-corrected chi connectivity index (χ3v) is 2.24. The van der Waals surface area contributed by atoms with Crippen LogP contribution in [0.2, 0.25) is 0 Å². The second-order valence-electron chi connectivity index (χ2n) is 5.75. The van der Waals surface area contributed by atoms with Gasteiger partial charge in [-0.3, -0.25) is 4.79 Å². The summed E-state index contributed by atoms with van der Waals surface area (Å²) in [5.74, 6) is 0.426. The Labute approximate surface area is 101 Å². The number of aliphatic carboxylic acids is 1. The van der Waals surface area contributed by atoms with Gasteiger partial charge in [-0.15, -0.1) is 0 Å². The van der Waals surface area contributed by atoms with Gasteiger partial charge in [0.25, 0.3) is 0 Å². The molecule has 0 bridgehead atoms. The van der Waals surface area contributed by atoms with E-state index in [0.717, 1.165) is 6.42 Å². The van der Waals surface area contributed by atoms with Crippen LogP contribution >= 0.6 is 0 Å². The third kappa shape index (κ3) is 5.47. The first-order valence-corrected chi connectivity index (χ1v) is 5.79. The van der Waals surface area contributed by atoms with Gasteiger partial charge in [-0.2, -0.15) is 4.98 Å². The summed E-state index contributed by atoms with van der Waals surface area (Å²) in [7, 11) is 0. The smallest absolute Gasteiger partial charge is 0.303 e. The largest absolute Gasteiger partial charge is 0.481 e. The molecule has 96 valence electrons. The van der Waals surface area contributed by atoms with Crippen LogP contribution in [0.15, 0.2) is 4.52 Å². The standard InChI is InChI=1S/C12H20N2O3/c1-8(6-11(15)16)5-10-13-9(14-17-10)7-12(2,3)4/h8H,5-7H2,1-4H3,(H,15,16). The molecule has 0 aliphatic carbocycles. The number of nitrogens with zero attached hydrogens (tertiary/aromatic N) is 2. The van der Waals surface area contributed by atoms with Crippen LogP contribution in [-0.2, 0) is 17.6 Å². The van der Waals surface area contributed by atoms with Crippen molar-refractivity contribution >= 4 is 5.97 Å². The maximum Gasteiger partial charge on any atom is 0.303 e. The first-order chi connectivity index (χ1) is 7.76. The molecular weight excluding hydrogens is 220 g/mol. The van der Waals surface area contributed by atoms with Crippen molar-refractivity contribution in [3.05, 3.63) is 11.7 Å². The summed E-state index contributed by atoms with van der Waals surface area (Å²) in [5, 5.41) is 12.6. The Morgan fingerprint density at radius 1 is 1.47 bits per heavy atom. The maximum absolute atomic E-state index is 10.5. The number of hydrogen-bond donors (Lipinski definition) is 1. The van der Waals surface area contributed by atoms with E-state index in [2.05, 4.69) is 30.9 Å². The van der Waals surface area contributed by atoms with E-state index < -0.39 is 5.97 Å². The van der Waals surface area contributed by atoms with Crippen LogP contribution < -0.4 is 0 Å². The average molecular weight is 240 g/mol. The first kappa shape index (κ1) is 13.7. The van der Waals surface area contributed by atoms with E-state index >= 15 is 0 Å². The van der Waals surface area contributed by atoms with Gasteiger partial charge < -0.3 is 9.63 Å². The monoisotopic (exact) mass is 240 g/mol. The number of carboxylic acid groups (broad SMARTS) is 1. The Hall–Kier alpha value is -1.39. The lowest BCUT2D eigenvalue weighted by molar-refractivity contribution is -0.137. The Bertz CT molecular complexity index is 379. The third-order valence-electron chi connectivity index (χ3n) is 2.24. The lowest BCUT2D eigenvalue weighted by Crippen LogP contribution is -2.10. The van der Waals surface area contributed by atoms with Crippen LogP contribution in [0.5, 0.6) is 0 Å². The van der Waals surface area contributed by atoms with Crippen molar-refractivity contribution in [1.29, 1.82) is 0 Å². The zero-order valence-corrected chi connectivity index (χ0v) is 10.9. The zero-order valence-electron chi connectivity index (χ0n) is 10.9. The molecular formula is C12H20N2O3. The van der Waals surface area contributed by atoms with Gasteiger partial charge in [-0.05, 0) is 11.3 Å². The van der Waals surface area contributed by atoms with E-state index in [1.54, 1.807) is 0 Å². The van der Waals surface area contributed by atoms with Gasteiger partial charge in [0.1, 0.15) is 0 Å². The Morgan fingerprint density at radius 3 is 2.65 bits per heavy atom. The number of carboxylic acids is 1. The lowest BCUT2D eigenvalue weighted by atomic mass is 9.92. The van der Waals surface area contributed by atoms with Crippen LogP contribution in [0.4, 0.5) is 0 Å². The van der Waals surface area contributed by atoms with Crippen LogP contribution in [0.25, 0.3) is 0 Å². The van der Waals surface area contributed by atoms with Gasteiger partial charge in [0.15, 0.2) is 5.82 Å². The van der Waals surface area contributed by atoms with Gasteiger partial charge in [0.2, 0.25) is 5.89 Å². The average Bonchev–Trinajstić information content (AvgIpc) is 2.46. The Balaban J connectivity index is 2.54. The quantitative estimate of drug-likeness (QED) is 0.854. The van der Waals surface area contributed by atoms with Crippen LogP contribution in [-0.4, -0.2) is 21.2 Å². The highest BCUT2D eigenvalue weighted by atomic mass is 16.5. The Morgan fingerprint density at radius 2 is 2.12 bits per heavy atom. The summed E-state index contributed by atoms with van der Waals surface area (Å²) in [4.78, 5) is 14.8. The number of rotatable bonds is 5. The molecule has 5 heteroatoms. The predicted octanol–water partition coefficient (Wildman–Crippen LogP) is 2.31. The highest BCUT2D eigenvalue weighted by Crippen LogP contribution is 2.19. The highest BCUT2D eigenvalue weighted by Gasteiger charge is 2.18. The second-order valence-corrected chi connectivity index (χ2v) is 5.75. The van der Waals surface area contributed by atoms with Gasteiger partial charge in [-0.25, -0.2) is 0 Å². The maximum atomic E-state index is 10.5. The molecule has 1 atom stereocenters. The van der Waals surface area contributed by atoms with Crippen molar-refractivity contribution in [3.63, 3.8) is 0 Å². The van der Waals surface area contributed by atoms with Crippen molar-refractivity contribution in [3.8, 4) is 0 Å². The van der Waals surface area contributed by atoms with Crippen LogP contribution in [0.1, 0.15) is 45.8 Å². The molecule has 17 heavy (non-hydrogen) atoms. The number of aromatic nitrogens is 2. The first-order valence-electron chi connectivity index (χ1n) is 5.79. The summed E-state index contributed by atoms with van der Waals surface area (Å²) < 4.78 is 5.11. The molecule has 1 aromatic rings. The van der Waals surface area contributed by atoms with Crippen LogP contribution in [0, 0.1) is 11.3 Å². The van der Waals surface area contributed by atoms with Crippen molar-refractivity contribution in [2.45, 2.75) is 47.0 Å². The van der Waals surface area contributed by atoms with Crippen molar-refractivity contribution in [1.82, 2.24) is 10.1 Å². The molecule has 5 nitrogen and oxygen atoms in total. The topological polar surface area (TPSA) is 76.2 Å². The Kier molecular flexibility index (Phi) is 4.26. The van der Waals surface area contributed by atoms with E-state index in [1.165, 1.54) is 0 Å². The molecule has 0 aliphatic heterocycles. The molecule has 0 saturated heterocycles. The molecule has 1 heterocycles. The minimum Gasteiger partial charge on any atom is -0.481 e. The summed E-state index contributed by atoms with van der Waals surface area (Å²) in [6.45, 7) is 8.18. The minimum atomic E-state index is -0.799. The molecule has 1 N–H and O–H groups in total. The fraction of sp³-hybridized carbons (Fsp3) is 0.750. The molecule has 0 fully saturated rings. The summed E-state index contributed by atoms with van der Waals surface area (Å²) in [5.41, 5.74) is 0.119. The zero-order chi connectivity index (χ0) is 13.1. The van der Waals surface area contributed by atoms with E-state index in [-0.39, 0.29) is 17.8 Å². The lowest BCUT2D eigenvalue weighted by Gasteiger charge is -2.14. The van der Waals surface area contributed by atoms with Crippen molar-refractivity contribution in [2.75, 3.05) is 0 Å². The van der Waals surface area contributed by atoms with Crippen molar-refractivity contribution < 1.29 is 14.4 Å². The molecule has 0 aliphatic rings. The molecule has 0 aromatic carbocycles. The minimum absolute atomic E-state index is 0.00966. The summed E-state index contributed by atoms with van der Waals surface area (Å²) in [6.07, 6.45) is 1.39. The molecule has 0 amide bonds. The fourth-order valence-electron chi connectivity index (χ4n) is 1.59. The molecule has 0 spiro atoms. The molecule has 0 radical (unpaired) electrons. The molecule has 0 saturated carbocycles. The van der Waals surface area contributed by atoms with E-state index in [1.807, 2.05) is 6.92 Å². The van der Waals surface area contributed by atoms with Gasteiger partial charge in [0, 0.05) is 19.3 Å². The summed E-state index contributed by atoms with van der Waals surface area (Å²) >= 11 is 0. The fourth-order valence-corrected chi connectivity index (χ4v) is 1.59. The second kappa shape index (κ2) is 5.29. The molecule has 1 rings (SSSR count). The van der Waals surface area contributed by atoms with Gasteiger partial charge in [0.05, 0.1) is 0 Å². The van der Waals surface area contributed by atoms with Crippen molar-refractivity contribution in [2.24, 2.45) is 11.3 Å². The molecule has 1 aromatic heterocycles. The highest BCUT2D eigenvalue weighted by molar-refractivity contribution is 5.66. The molecule has 1 unspecified atom stereocenters. The number of hydrogen-bond acceptors (Lipinski definition) is 4. The normalized spacial score (nSPS) is 13.6. The predicted molar refractivity (Wildman–Crippen MR) is 62.6 cm³/mol. The van der Waals surface area contributed by atoms with Gasteiger partial charge in [-0.1, -0.05) is 32.9 Å². The SMILES string of the molecule is CC(CC(=O)O)Cc1nc(CC(C)(C)C)no1. The number of carbonyl (C=O) groups is 1. The van der Waals surface area contributed by atoms with E-state index in [9.17, 15) is 4.79 Å². The van der Waals surface area contributed by atoms with Gasteiger partial charge >= 0.3 is 5.97 Å². The van der Waals surface area contributed by atoms with E-state index in [4.69, 9.17) is 9.63 Å². The van der Waals surface area contributed by atoms with Crippen LogP contribution in [0.3, 0.4) is 0 Å². The summed E-state index contributed by atoms with van der Waals surface area (Å²) in [6, 6.07) is 0.